The highest BCUT2D eigenvalue weighted by atomic mass is 32.1. The Labute approximate surface area is 174 Å². The number of H-pyrrole nitrogens is 1. The Morgan fingerprint density at radius 3 is 2.79 bits per heavy atom. The van der Waals surface area contributed by atoms with Crippen LogP contribution in [-0.2, 0) is 9.47 Å². The van der Waals surface area contributed by atoms with Crippen molar-refractivity contribution >= 4 is 27.5 Å². The van der Waals surface area contributed by atoms with E-state index in [1.54, 1.807) is 0 Å². The molecule has 3 heterocycles. The second-order valence-electron chi connectivity index (χ2n) is 7.86. The molecule has 2 aliphatic rings. The summed E-state index contributed by atoms with van der Waals surface area (Å²) in [6.07, 6.45) is 6.40. The minimum Gasteiger partial charge on any atom is -0.490 e. The van der Waals surface area contributed by atoms with Crippen LogP contribution in [0, 0.1) is 0 Å². The standard InChI is InChI=1S/C23H25NO4S/c1-26-23(25)19-11-17-22(29-19)20(14-7-3-2-4-8-14)21(24-17)16-9-5-6-10-18(16)28-13-15-12-27-15/h5-6,9-11,14-15,24H,2-4,7-8,12-13H2,1H3/t15-/m0/s1. The Morgan fingerprint density at radius 1 is 1.24 bits per heavy atom. The first-order valence-electron chi connectivity index (χ1n) is 10.3. The molecule has 1 aliphatic carbocycles. The molecule has 1 saturated carbocycles. The van der Waals surface area contributed by atoms with Crippen molar-refractivity contribution in [3.8, 4) is 17.0 Å². The second-order valence-corrected chi connectivity index (χ2v) is 8.91. The zero-order chi connectivity index (χ0) is 19.8. The number of benzene rings is 1. The number of methoxy groups -OCH3 is 1. The van der Waals surface area contributed by atoms with Crippen LogP contribution in [0.15, 0.2) is 30.3 Å². The predicted molar refractivity (Wildman–Crippen MR) is 114 cm³/mol. The third-order valence-corrected chi connectivity index (χ3v) is 7.04. The molecule has 5 nitrogen and oxygen atoms in total. The van der Waals surface area contributed by atoms with E-state index in [0.717, 1.165) is 29.1 Å². The molecule has 1 aromatic carbocycles. The normalized spacial score (nSPS) is 19.4. The summed E-state index contributed by atoms with van der Waals surface area (Å²) in [4.78, 5) is 16.3. The van der Waals surface area contributed by atoms with E-state index in [4.69, 9.17) is 14.2 Å². The van der Waals surface area contributed by atoms with Crippen molar-refractivity contribution < 1.29 is 19.0 Å². The van der Waals surface area contributed by atoms with Crippen LogP contribution in [0.4, 0.5) is 0 Å². The fourth-order valence-corrected chi connectivity index (χ4v) is 5.50. The molecule has 0 spiro atoms. The summed E-state index contributed by atoms with van der Waals surface area (Å²) in [6.45, 7) is 1.36. The van der Waals surface area contributed by atoms with Gasteiger partial charge in [-0.15, -0.1) is 11.3 Å². The highest BCUT2D eigenvalue weighted by Gasteiger charge is 2.28. The lowest BCUT2D eigenvalue weighted by molar-refractivity contribution is 0.0606. The van der Waals surface area contributed by atoms with E-state index in [1.165, 1.54) is 60.8 Å². The molecule has 2 fully saturated rings. The van der Waals surface area contributed by atoms with Crippen molar-refractivity contribution in [2.24, 2.45) is 0 Å². The largest absolute Gasteiger partial charge is 0.490 e. The van der Waals surface area contributed by atoms with Gasteiger partial charge in [-0.25, -0.2) is 4.79 Å². The fraction of sp³-hybridized carbons (Fsp3) is 0.435. The van der Waals surface area contributed by atoms with E-state index in [2.05, 4.69) is 17.1 Å². The smallest absolute Gasteiger partial charge is 0.348 e. The van der Waals surface area contributed by atoms with Gasteiger partial charge in [0.05, 0.1) is 29.6 Å². The van der Waals surface area contributed by atoms with Crippen molar-refractivity contribution in [3.05, 3.63) is 40.8 Å². The van der Waals surface area contributed by atoms with Gasteiger partial charge in [0, 0.05) is 5.56 Å². The molecule has 1 saturated heterocycles. The molecule has 2 aromatic heterocycles. The number of nitrogens with one attached hydrogen (secondary N) is 1. The number of carbonyl (C=O) groups excluding carboxylic acids is 1. The zero-order valence-corrected chi connectivity index (χ0v) is 17.3. The van der Waals surface area contributed by atoms with Crippen LogP contribution in [0.1, 0.15) is 53.3 Å². The predicted octanol–water partition coefficient (Wildman–Crippen LogP) is 5.51. The van der Waals surface area contributed by atoms with Crippen LogP contribution < -0.4 is 4.74 Å². The number of fused-ring (bicyclic) bond motifs is 1. The van der Waals surface area contributed by atoms with Crippen molar-refractivity contribution in [1.29, 1.82) is 0 Å². The molecule has 0 bridgehead atoms. The zero-order valence-electron chi connectivity index (χ0n) is 16.5. The number of hydrogen-bond acceptors (Lipinski definition) is 5. The first-order valence-corrected chi connectivity index (χ1v) is 11.1. The van der Waals surface area contributed by atoms with Gasteiger partial charge in [0.1, 0.15) is 23.3 Å². The van der Waals surface area contributed by atoms with Gasteiger partial charge < -0.3 is 19.2 Å². The number of thiophene rings is 1. The van der Waals surface area contributed by atoms with Crippen LogP contribution in [0.3, 0.4) is 0 Å². The van der Waals surface area contributed by atoms with E-state index in [0.29, 0.717) is 17.4 Å². The van der Waals surface area contributed by atoms with Crippen molar-refractivity contribution in [1.82, 2.24) is 4.98 Å². The molecule has 1 atom stereocenters. The minimum atomic E-state index is -0.274. The summed E-state index contributed by atoms with van der Waals surface area (Å²) in [7, 11) is 1.43. The fourth-order valence-electron chi connectivity index (χ4n) is 4.34. The van der Waals surface area contributed by atoms with Crippen LogP contribution in [0.2, 0.25) is 0 Å². The number of aromatic amines is 1. The molecule has 0 amide bonds. The Morgan fingerprint density at radius 2 is 2.03 bits per heavy atom. The number of para-hydroxylation sites is 1. The highest BCUT2D eigenvalue weighted by Crippen LogP contribution is 2.46. The van der Waals surface area contributed by atoms with Gasteiger partial charge >= 0.3 is 5.97 Å². The van der Waals surface area contributed by atoms with Crippen molar-refractivity contribution in [3.63, 3.8) is 0 Å². The topological polar surface area (TPSA) is 63.9 Å². The number of carbonyl (C=O) groups is 1. The third kappa shape index (κ3) is 3.67. The summed E-state index contributed by atoms with van der Waals surface area (Å²) >= 11 is 1.53. The molecule has 0 radical (unpaired) electrons. The lowest BCUT2D eigenvalue weighted by atomic mass is 9.83. The van der Waals surface area contributed by atoms with Gasteiger partial charge in [0.15, 0.2) is 0 Å². The van der Waals surface area contributed by atoms with E-state index in [-0.39, 0.29) is 12.1 Å². The van der Waals surface area contributed by atoms with Gasteiger partial charge in [-0.3, -0.25) is 0 Å². The monoisotopic (exact) mass is 411 g/mol. The van der Waals surface area contributed by atoms with Crippen LogP contribution in [0.25, 0.3) is 21.5 Å². The molecule has 152 valence electrons. The molecule has 1 N–H and O–H groups in total. The summed E-state index contributed by atoms with van der Waals surface area (Å²) in [5, 5.41) is 0. The van der Waals surface area contributed by atoms with E-state index >= 15 is 0 Å². The third-order valence-electron chi connectivity index (χ3n) is 5.89. The minimum absolute atomic E-state index is 0.218. The lowest BCUT2D eigenvalue weighted by Crippen LogP contribution is -2.07. The number of hydrogen-bond donors (Lipinski definition) is 1. The molecular weight excluding hydrogens is 386 g/mol. The summed E-state index contributed by atoms with van der Waals surface area (Å²) < 4.78 is 17.5. The van der Waals surface area contributed by atoms with Crippen molar-refractivity contribution in [2.45, 2.75) is 44.1 Å². The second kappa shape index (κ2) is 7.84. The van der Waals surface area contributed by atoms with Crippen molar-refractivity contribution in [2.75, 3.05) is 20.3 Å². The van der Waals surface area contributed by atoms with Gasteiger partial charge in [-0.05, 0) is 42.5 Å². The highest BCUT2D eigenvalue weighted by molar-refractivity contribution is 7.21. The number of esters is 1. The average Bonchev–Trinajstić information content (AvgIpc) is 3.40. The maximum absolute atomic E-state index is 12.1. The van der Waals surface area contributed by atoms with Gasteiger partial charge in [0.25, 0.3) is 0 Å². The maximum Gasteiger partial charge on any atom is 0.348 e. The Kier molecular flexibility index (Phi) is 5.06. The SMILES string of the molecule is COC(=O)c1cc2[nH]c(-c3ccccc3OC[C@@H]3CO3)c(C3CCCCC3)c2s1. The lowest BCUT2D eigenvalue weighted by Gasteiger charge is -2.23. The summed E-state index contributed by atoms with van der Waals surface area (Å²) in [5.74, 6) is 1.10. The first kappa shape index (κ1) is 18.7. The van der Waals surface area contributed by atoms with Crippen LogP contribution in [0.5, 0.6) is 5.75 Å². The maximum atomic E-state index is 12.1. The molecule has 1 aliphatic heterocycles. The van der Waals surface area contributed by atoms with Crippen LogP contribution >= 0.6 is 11.3 Å². The Balaban J connectivity index is 1.61. The number of epoxide rings is 1. The average molecular weight is 412 g/mol. The molecule has 3 aromatic rings. The molecule has 5 rings (SSSR count). The molecule has 6 heteroatoms. The van der Waals surface area contributed by atoms with Gasteiger partial charge in [0.2, 0.25) is 0 Å². The first-order chi connectivity index (χ1) is 14.2. The summed E-state index contributed by atoms with van der Waals surface area (Å²) in [6, 6.07) is 10.1. The number of aromatic nitrogens is 1. The Bertz CT molecular complexity index is 1030. The number of rotatable bonds is 6. The Hall–Kier alpha value is -2.31. The van der Waals surface area contributed by atoms with Gasteiger partial charge in [-0.2, -0.15) is 0 Å². The van der Waals surface area contributed by atoms with E-state index < -0.39 is 0 Å². The molecular formula is C23H25NO4S. The van der Waals surface area contributed by atoms with Crippen LogP contribution in [-0.4, -0.2) is 37.4 Å². The number of ether oxygens (including phenoxy) is 3. The van der Waals surface area contributed by atoms with Gasteiger partial charge in [-0.1, -0.05) is 31.4 Å². The molecule has 29 heavy (non-hydrogen) atoms. The van der Waals surface area contributed by atoms with E-state index in [1.807, 2.05) is 18.2 Å². The summed E-state index contributed by atoms with van der Waals surface area (Å²) in [5.41, 5.74) is 4.54. The molecule has 0 unspecified atom stereocenters. The quantitative estimate of drug-likeness (QED) is 0.429. The van der Waals surface area contributed by atoms with E-state index in [9.17, 15) is 4.79 Å².